The number of nitrogens with two attached hydrogens (primary N) is 1. The molecule has 0 saturated carbocycles. The minimum Gasteiger partial charge on any atom is -0.458 e. The van der Waals surface area contributed by atoms with Crippen LogP contribution in [-0.4, -0.2) is 0 Å². The second-order valence-electron chi connectivity index (χ2n) is 3.33. The number of fused-ring (bicyclic) bond motifs is 1. The molecule has 0 bridgehead atoms. The number of hydrogen-bond donors (Lipinski definition) is 1. The summed E-state index contributed by atoms with van der Waals surface area (Å²) in [5, 5.41) is 1.02. The fourth-order valence-electron chi connectivity index (χ4n) is 1.78. The highest BCUT2D eigenvalue weighted by atomic mass is 35.5. The van der Waals surface area contributed by atoms with Crippen LogP contribution in [0.1, 0.15) is 18.2 Å². The Labute approximate surface area is 91.8 Å². The van der Waals surface area contributed by atoms with Crippen molar-refractivity contribution in [2.45, 2.75) is 19.9 Å². The summed E-state index contributed by atoms with van der Waals surface area (Å²) in [5.41, 5.74) is 7.01. The van der Waals surface area contributed by atoms with E-state index in [1.165, 1.54) is 12.1 Å². The monoisotopic (exact) mass is 227 g/mol. The molecule has 2 nitrogen and oxygen atoms in total. The fraction of sp³-hybridized carbons (Fsp3) is 0.273. The van der Waals surface area contributed by atoms with E-state index in [9.17, 15) is 4.39 Å². The zero-order chi connectivity index (χ0) is 11.0. The molecule has 0 fully saturated rings. The summed E-state index contributed by atoms with van der Waals surface area (Å²) < 4.78 is 18.7. The average molecular weight is 228 g/mol. The van der Waals surface area contributed by atoms with E-state index in [-0.39, 0.29) is 5.82 Å². The third-order valence-electron chi connectivity index (χ3n) is 2.43. The van der Waals surface area contributed by atoms with Crippen molar-refractivity contribution in [2.24, 2.45) is 5.73 Å². The van der Waals surface area contributed by atoms with Crippen molar-refractivity contribution in [3.05, 3.63) is 34.3 Å². The molecule has 0 spiro atoms. The van der Waals surface area contributed by atoms with Gasteiger partial charge in [-0.25, -0.2) is 4.39 Å². The van der Waals surface area contributed by atoms with Gasteiger partial charge in [0.05, 0.1) is 11.6 Å². The SMILES string of the molecule is CCc1c(CN)oc2c(Cl)cc(F)cc12. The molecule has 1 heterocycles. The fourth-order valence-corrected chi connectivity index (χ4v) is 2.02. The summed E-state index contributed by atoms with van der Waals surface area (Å²) in [4.78, 5) is 0. The van der Waals surface area contributed by atoms with Gasteiger partial charge in [-0.15, -0.1) is 0 Å². The smallest absolute Gasteiger partial charge is 0.153 e. The van der Waals surface area contributed by atoms with Gasteiger partial charge in [0, 0.05) is 10.9 Å². The van der Waals surface area contributed by atoms with E-state index in [2.05, 4.69) is 0 Å². The Bertz CT molecular complexity index is 507. The molecule has 80 valence electrons. The lowest BCUT2D eigenvalue weighted by molar-refractivity contribution is 0.545. The molecule has 15 heavy (non-hydrogen) atoms. The number of aryl methyl sites for hydroxylation is 1. The molecule has 2 N–H and O–H groups in total. The van der Waals surface area contributed by atoms with E-state index in [1.54, 1.807) is 0 Å². The van der Waals surface area contributed by atoms with Crippen LogP contribution >= 0.6 is 11.6 Å². The Hall–Kier alpha value is -1.06. The van der Waals surface area contributed by atoms with E-state index < -0.39 is 0 Å². The zero-order valence-corrected chi connectivity index (χ0v) is 9.07. The van der Waals surface area contributed by atoms with Crippen molar-refractivity contribution in [3.63, 3.8) is 0 Å². The third-order valence-corrected chi connectivity index (χ3v) is 2.72. The van der Waals surface area contributed by atoms with Crippen LogP contribution in [0.3, 0.4) is 0 Å². The summed E-state index contributed by atoms with van der Waals surface area (Å²) in [7, 11) is 0. The van der Waals surface area contributed by atoms with Crippen LogP contribution in [0.5, 0.6) is 0 Å². The van der Waals surface area contributed by atoms with Gasteiger partial charge in [-0.1, -0.05) is 18.5 Å². The predicted octanol–water partition coefficient (Wildman–Crippen LogP) is 3.25. The van der Waals surface area contributed by atoms with Crippen molar-refractivity contribution < 1.29 is 8.81 Å². The molecule has 2 aromatic rings. The van der Waals surface area contributed by atoms with Gasteiger partial charge in [-0.3, -0.25) is 0 Å². The van der Waals surface area contributed by atoms with Crippen molar-refractivity contribution in [3.8, 4) is 0 Å². The van der Waals surface area contributed by atoms with Gasteiger partial charge in [-0.2, -0.15) is 0 Å². The zero-order valence-electron chi connectivity index (χ0n) is 8.31. The lowest BCUT2D eigenvalue weighted by atomic mass is 10.1. The number of halogens is 2. The molecule has 0 atom stereocenters. The Morgan fingerprint density at radius 1 is 1.47 bits per heavy atom. The van der Waals surface area contributed by atoms with Gasteiger partial charge in [-0.05, 0) is 18.6 Å². The summed E-state index contributed by atoms with van der Waals surface area (Å²) in [6, 6.07) is 2.68. The average Bonchev–Trinajstić information content (AvgIpc) is 2.55. The highest BCUT2D eigenvalue weighted by molar-refractivity contribution is 6.34. The molecule has 0 unspecified atom stereocenters. The first kappa shape index (κ1) is 10.5. The molecule has 4 heteroatoms. The highest BCUT2D eigenvalue weighted by Crippen LogP contribution is 2.32. The van der Waals surface area contributed by atoms with Crippen molar-refractivity contribution in [1.29, 1.82) is 0 Å². The minimum absolute atomic E-state index is 0.291. The van der Waals surface area contributed by atoms with Crippen molar-refractivity contribution >= 4 is 22.6 Å². The second-order valence-corrected chi connectivity index (χ2v) is 3.73. The Morgan fingerprint density at radius 3 is 2.80 bits per heavy atom. The first-order valence-corrected chi connectivity index (χ1v) is 5.14. The minimum atomic E-state index is -0.355. The largest absolute Gasteiger partial charge is 0.458 e. The van der Waals surface area contributed by atoms with Gasteiger partial charge in [0.2, 0.25) is 0 Å². The first-order valence-electron chi connectivity index (χ1n) is 4.76. The number of furan rings is 1. The molecule has 1 aromatic heterocycles. The van der Waals surface area contributed by atoms with E-state index in [1.807, 2.05) is 6.92 Å². The molecule has 2 rings (SSSR count). The molecule has 0 aliphatic rings. The standard InChI is InChI=1S/C11H11ClFNO/c1-2-7-8-3-6(13)4-9(12)11(8)15-10(7)5-14/h3-4H,2,5,14H2,1H3. The third kappa shape index (κ3) is 1.62. The number of hydrogen-bond acceptors (Lipinski definition) is 2. The van der Waals surface area contributed by atoms with Gasteiger partial charge in [0.1, 0.15) is 11.6 Å². The molecular formula is C11H11ClFNO. The second kappa shape index (κ2) is 3.83. The maximum Gasteiger partial charge on any atom is 0.153 e. The number of rotatable bonds is 2. The normalized spacial score (nSPS) is 11.2. The van der Waals surface area contributed by atoms with Crippen LogP contribution in [0.4, 0.5) is 4.39 Å². The molecule has 0 radical (unpaired) electrons. The van der Waals surface area contributed by atoms with Crippen LogP contribution in [0.25, 0.3) is 11.0 Å². The number of benzene rings is 1. The van der Waals surface area contributed by atoms with Crippen molar-refractivity contribution in [2.75, 3.05) is 0 Å². The van der Waals surface area contributed by atoms with Crippen molar-refractivity contribution in [1.82, 2.24) is 0 Å². The van der Waals surface area contributed by atoms with E-state index in [0.29, 0.717) is 22.9 Å². The maximum absolute atomic E-state index is 13.2. The quantitative estimate of drug-likeness (QED) is 0.856. The van der Waals surface area contributed by atoms with E-state index >= 15 is 0 Å². The molecule has 0 aliphatic carbocycles. The Balaban J connectivity index is 2.82. The van der Waals surface area contributed by atoms with E-state index in [0.717, 1.165) is 17.4 Å². The topological polar surface area (TPSA) is 39.2 Å². The first-order chi connectivity index (χ1) is 7.17. The van der Waals surface area contributed by atoms with Gasteiger partial charge < -0.3 is 10.2 Å². The molecule has 0 aliphatic heterocycles. The van der Waals surface area contributed by atoms with Gasteiger partial charge >= 0.3 is 0 Å². The maximum atomic E-state index is 13.2. The molecular weight excluding hydrogens is 217 g/mol. The summed E-state index contributed by atoms with van der Waals surface area (Å²) in [6.07, 6.45) is 0.749. The molecule has 1 aromatic carbocycles. The van der Waals surface area contributed by atoms with Crippen LogP contribution < -0.4 is 5.73 Å². The van der Waals surface area contributed by atoms with E-state index in [4.69, 9.17) is 21.8 Å². The lowest BCUT2D eigenvalue weighted by Crippen LogP contribution is -1.97. The van der Waals surface area contributed by atoms with Gasteiger partial charge in [0.15, 0.2) is 5.58 Å². The van der Waals surface area contributed by atoms with Crippen LogP contribution in [0, 0.1) is 5.82 Å². The predicted molar refractivity (Wildman–Crippen MR) is 58.5 cm³/mol. The lowest BCUT2D eigenvalue weighted by Gasteiger charge is -1.95. The van der Waals surface area contributed by atoms with Gasteiger partial charge in [0.25, 0.3) is 0 Å². The van der Waals surface area contributed by atoms with Crippen LogP contribution in [-0.2, 0) is 13.0 Å². The molecule has 0 amide bonds. The highest BCUT2D eigenvalue weighted by Gasteiger charge is 2.14. The molecule has 0 saturated heterocycles. The Kier molecular flexibility index (Phi) is 2.67. The van der Waals surface area contributed by atoms with Crippen LogP contribution in [0.2, 0.25) is 5.02 Å². The summed E-state index contributed by atoms with van der Waals surface area (Å²) >= 11 is 5.89. The summed E-state index contributed by atoms with van der Waals surface area (Å²) in [5.74, 6) is 0.326. The summed E-state index contributed by atoms with van der Waals surface area (Å²) in [6.45, 7) is 2.28. The van der Waals surface area contributed by atoms with Crippen LogP contribution in [0.15, 0.2) is 16.5 Å². The Morgan fingerprint density at radius 2 is 2.20 bits per heavy atom.